The Labute approximate surface area is 109 Å². The van der Waals surface area contributed by atoms with Crippen LogP contribution in [0, 0.1) is 13.8 Å². The number of hydrogen-bond donors (Lipinski definition) is 0. The summed E-state index contributed by atoms with van der Waals surface area (Å²) in [6, 6.07) is 1.96. The van der Waals surface area contributed by atoms with Crippen molar-refractivity contribution in [2.75, 3.05) is 0 Å². The molecule has 0 atom stereocenters. The third kappa shape index (κ3) is 2.98. The number of thioether (sulfide) groups is 1. The molecule has 90 valence electrons. The summed E-state index contributed by atoms with van der Waals surface area (Å²) in [5.74, 6) is 0.683. The molecule has 2 rings (SSSR count). The van der Waals surface area contributed by atoms with Crippen molar-refractivity contribution < 1.29 is 0 Å². The minimum absolute atomic E-state index is 0.668. The Hall–Kier alpha value is -1.07. The van der Waals surface area contributed by atoms with Gasteiger partial charge >= 0.3 is 0 Å². The van der Waals surface area contributed by atoms with E-state index >= 15 is 0 Å². The highest BCUT2D eigenvalue weighted by Gasteiger charge is 2.08. The van der Waals surface area contributed by atoms with Gasteiger partial charge < -0.3 is 4.57 Å². The van der Waals surface area contributed by atoms with Crippen LogP contribution in [-0.4, -0.2) is 19.5 Å². The molecule has 2 aromatic heterocycles. The number of nitrogens with zero attached hydrogens (tertiary/aromatic N) is 4. The van der Waals surface area contributed by atoms with Crippen LogP contribution in [0.2, 0.25) is 5.15 Å². The summed E-state index contributed by atoms with van der Waals surface area (Å²) in [7, 11) is 1.87. The topological polar surface area (TPSA) is 43.6 Å². The van der Waals surface area contributed by atoms with Crippen LogP contribution in [0.15, 0.2) is 17.6 Å². The summed E-state index contributed by atoms with van der Waals surface area (Å²) in [6.07, 6.45) is 1.71. The first-order valence-corrected chi connectivity index (χ1v) is 6.53. The standard InChI is InChI=1S/C11H13ClN4S/c1-7-4-8(2)15-11(14-7)17-5-9-10(12)16(3)6-13-9/h4,6H,5H2,1-3H3. The van der Waals surface area contributed by atoms with Crippen LogP contribution in [0.1, 0.15) is 17.1 Å². The molecule has 0 saturated heterocycles. The molecule has 0 amide bonds. The molecule has 2 aromatic rings. The molecule has 0 saturated carbocycles. The second kappa shape index (κ2) is 5.06. The largest absolute Gasteiger partial charge is 0.325 e. The van der Waals surface area contributed by atoms with Gasteiger partial charge in [-0.15, -0.1) is 0 Å². The van der Waals surface area contributed by atoms with Crippen LogP contribution in [0.5, 0.6) is 0 Å². The lowest BCUT2D eigenvalue weighted by atomic mass is 10.4. The Morgan fingerprint density at radius 2 is 1.94 bits per heavy atom. The lowest BCUT2D eigenvalue weighted by Gasteiger charge is -2.02. The summed E-state index contributed by atoms with van der Waals surface area (Å²) in [4.78, 5) is 12.9. The molecule has 0 fully saturated rings. The minimum atomic E-state index is 0.668. The van der Waals surface area contributed by atoms with Gasteiger partial charge in [-0.05, 0) is 19.9 Å². The smallest absolute Gasteiger partial charge is 0.188 e. The average molecular weight is 269 g/mol. The highest BCUT2D eigenvalue weighted by Crippen LogP contribution is 2.23. The number of hydrogen-bond acceptors (Lipinski definition) is 4. The number of aromatic nitrogens is 4. The van der Waals surface area contributed by atoms with Crippen molar-refractivity contribution >= 4 is 23.4 Å². The van der Waals surface area contributed by atoms with Crippen molar-refractivity contribution in [1.82, 2.24) is 19.5 Å². The molecule has 0 aromatic carbocycles. The van der Waals surface area contributed by atoms with Gasteiger partial charge in [-0.1, -0.05) is 23.4 Å². The maximum absolute atomic E-state index is 6.08. The van der Waals surface area contributed by atoms with Crippen molar-refractivity contribution in [3.63, 3.8) is 0 Å². The van der Waals surface area contributed by atoms with Gasteiger partial charge in [0, 0.05) is 24.2 Å². The zero-order valence-corrected chi connectivity index (χ0v) is 11.5. The maximum atomic E-state index is 6.08. The van der Waals surface area contributed by atoms with E-state index in [2.05, 4.69) is 15.0 Å². The van der Waals surface area contributed by atoms with E-state index in [-0.39, 0.29) is 0 Å². The molecule has 0 radical (unpaired) electrons. The number of imidazole rings is 1. The predicted molar refractivity (Wildman–Crippen MR) is 69.3 cm³/mol. The third-order valence-electron chi connectivity index (χ3n) is 2.23. The van der Waals surface area contributed by atoms with Gasteiger partial charge in [0.05, 0.1) is 12.0 Å². The Morgan fingerprint density at radius 1 is 1.29 bits per heavy atom. The van der Waals surface area contributed by atoms with Crippen LogP contribution < -0.4 is 0 Å². The second-order valence-electron chi connectivity index (χ2n) is 3.81. The van der Waals surface area contributed by atoms with E-state index in [0.29, 0.717) is 10.9 Å². The summed E-state index contributed by atoms with van der Waals surface area (Å²) < 4.78 is 1.79. The zero-order chi connectivity index (χ0) is 12.4. The molecule has 6 heteroatoms. The fraction of sp³-hybridized carbons (Fsp3) is 0.364. The molecule has 0 bridgehead atoms. The normalized spacial score (nSPS) is 10.8. The summed E-state index contributed by atoms with van der Waals surface area (Å²) in [5, 5.41) is 1.44. The van der Waals surface area contributed by atoms with Gasteiger partial charge in [0.2, 0.25) is 0 Å². The van der Waals surface area contributed by atoms with E-state index in [1.165, 1.54) is 0 Å². The molecule has 2 heterocycles. The van der Waals surface area contributed by atoms with Crippen molar-refractivity contribution in [2.24, 2.45) is 7.05 Å². The van der Waals surface area contributed by atoms with Gasteiger partial charge in [-0.3, -0.25) is 0 Å². The third-order valence-corrected chi connectivity index (χ3v) is 3.58. The van der Waals surface area contributed by atoms with E-state index in [1.54, 1.807) is 22.7 Å². The van der Waals surface area contributed by atoms with Crippen LogP contribution >= 0.6 is 23.4 Å². The van der Waals surface area contributed by atoms with E-state index in [9.17, 15) is 0 Å². The predicted octanol–water partition coefficient (Wildman–Crippen LogP) is 2.77. The molecular formula is C11H13ClN4S. The number of aryl methyl sites for hydroxylation is 3. The van der Waals surface area contributed by atoms with Gasteiger partial charge in [0.1, 0.15) is 5.15 Å². The Balaban J connectivity index is 2.09. The van der Waals surface area contributed by atoms with Gasteiger partial charge in [-0.25, -0.2) is 15.0 Å². The van der Waals surface area contributed by atoms with Crippen molar-refractivity contribution in [2.45, 2.75) is 24.8 Å². The quantitative estimate of drug-likeness (QED) is 0.634. The second-order valence-corrected chi connectivity index (χ2v) is 5.12. The first-order valence-electron chi connectivity index (χ1n) is 5.17. The monoisotopic (exact) mass is 268 g/mol. The first-order chi connectivity index (χ1) is 8.06. The number of halogens is 1. The van der Waals surface area contributed by atoms with Crippen molar-refractivity contribution in [3.05, 3.63) is 34.6 Å². The first kappa shape index (κ1) is 12.4. The minimum Gasteiger partial charge on any atom is -0.325 e. The molecule has 0 unspecified atom stereocenters. The van der Waals surface area contributed by atoms with E-state index < -0.39 is 0 Å². The molecular weight excluding hydrogens is 256 g/mol. The van der Waals surface area contributed by atoms with E-state index in [4.69, 9.17) is 11.6 Å². The van der Waals surface area contributed by atoms with E-state index in [0.717, 1.165) is 22.2 Å². The molecule has 0 spiro atoms. The summed E-state index contributed by atoms with van der Waals surface area (Å²) in [5.41, 5.74) is 2.82. The molecule has 0 aliphatic rings. The van der Waals surface area contributed by atoms with Gasteiger partial charge in [0.15, 0.2) is 5.16 Å². The summed E-state index contributed by atoms with van der Waals surface area (Å²) in [6.45, 7) is 3.93. The summed E-state index contributed by atoms with van der Waals surface area (Å²) >= 11 is 7.63. The van der Waals surface area contributed by atoms with Crippen molar-refractivity contribution in [1.29, 1.82) is 0 Å². The molecule has 17 heavy (non-hydrogen) atoms. The highest BCUT2D eigenvalue weighted by atomic mass is 35.5. The van der Waals surface area contributed by atoms with Gasteiger partial charge in [-0.2, -0.15) is 0 Å². The highest BCUT2D eigenvalue weighted by molar-refractivity contribution is 7.98. The number of rotatable bonds is 3. The lowest BCUT2D eigenvalue weighted by molar-refractivity contribution is 0.901. The van der Waals surface area contributed by atoms with Crippen LogP contribution in [-0.2, 0) is 12.8 Å². The van der Waals surface area contributed by atoms with Crippen molar-refractivity contribution in [3.8, 4) is 0 Å². The molecule has 0 N–H and O–H groups in total. The Kier molecular flexibility index (Phi) is 3.69. The average Bonchev–Trinajstić information content (AvgIpc) is 2.56. The SMILES string of the molecule is Cc1cc(C)nc(SCc2ncn(C)c2Cl)n1. The fourth-order valence-electron chi connectivity index (χ4n) is 1.45. The van der Waals surface area contributed by atoms with Crippen LogP contribution in [0.4, 0.5) is 0 Å². The van der Waals surface area contributed by atoms with Crippen LogP contribution in [0.3, 0.4) is 0 Å². The Morgan fingerprint density at radius 3 is 2.47 bits per heavy atom. The van der Waals surface area contributed by atoms with Crippen LogP contribution in [0.25, 0.3) is 0 Å². The molecule has 0 aliphatic heterocycles. The maximum Gasteiger partial charge on any atom is 0.188 e. The van der Waals surface area contributed by atoms with Gasteiger partial charge in [0.25, 0.3) is 0 Å². The molecule has 4 nitrogen and oxygen atoms in total. The fourth-order valence-corrected chi connectivity index (χ4v) is 2.58. The molecule has 0 aliphatic carbocycles. The Bertz CT molecular complexity index is 518. The van der Waals surface area contributed by atoms with E-state index in [1.807, 2.05) is 27.0 Å². The lowest BCUT2D eigenvalue weighted by Crippen LogP contribution is -1.93. The zero-order valence-electron chi connectivity index (χ0n) is 9.94.